The predicted octanol–water partition coefficient (Wildman–Crippen LogP) is 1.78. The van der Waals surface area contributed by atoms with Crippen LogP contribution in [0.15, 0.2) is 23.1 Å². The van der Waals surface area contributed by atoms with Crippen LogP contribution in [0.2, 0.25) is 0 Å². The van der Waals surface area contributed by atoms with E-state index in [1.165, 1.54) is 22.5 Å². The Morgan fingerprint density at radius 3 is 2.38 bits per heavy atom. The number of carbonyl (C=O) groups is 1. The maximum absolute atomic E-state index is 12.7. The predicted molar refractivity (Wildman–Crippen MR) is 79.6 cm³/mol. The number of piperidine rings is 1. The molecule has 1 aliphatic heterocycles. The first-order valence-corrected chi connectivity index (χ1v) is 8.20. The van der Waals surface area contributed by atoms with Crippen molar-refractivity contribution in [1.82, 2.24) is 4.31 Å². The van der Waals surface area contributed by atoms with E-state index in [4.69, 9.17) is 5.73 Å². The second kappa shape index (κ2) is 5.31. The van der Waals surface area contributed by atoms with E-state index in [0.29, 0.717) is 13.1 Å². The lowest BCUT2D eigenvalue weighted by Crippen LogP contribution is -2.41. The highest BCUT2D eigenvalue weighted by molar-refractivity contribution is 7.89. The van der Waals surface area contributed by atoms with E-state index in [-0.39, 0.29) is 21.6 Å². The topological polar surface area (TPSA) is 101 Å². The second-order valence-corrected chi connectivity index (χ2v) is 8.04. The van der Waals surface area contributed by atoms with Gasteiger partial charge in [0, 0.05) is 18.8 Å². The number of hydrogen-bond donors (Lipinski definition) is 2. The number of nitrogens with two attached hydrogens (primary N) is 1. The fraction of sp³-hybridized carbons (Fsp3) is 0.500. The molecule has 1 saturated heterocycles. The molecule has 1 heterocycles. The third kappa shape index (κ3) is 3.19. The van der Waals surface area contributed by atoms with Crippen molar-refractivity contribution in [3.63, 3.8) is 0 Å². The quantitative estimate of drug-likeness (QED) is 0.829. The van der Waals surface area contributed by atoms with Crippen LogP contribution in [0.25, 0.3) is 0 Å². The Morgan fingerprint density at radius 2 is 1.86 bits per heavy atom. The van der Waals surface area contributed by atoms with Crippen LogP contribution in [0.5, 0.6) is 0 Å². The molecule has 6 nitrogen and oxygen atoms in total. The minimum atomic E-state index is -3.81. The maximum atomic E-state index is 12.7. The van der Waals surface area contributed by atoms with Crippen LogP contribution < -0.4 is 5.73 Å². The van der Waals surface area contributed by atoms with Crippen molar-refractivity contribution in [2.45, 2.75) is 31.6 Å². The van der Waals surface area contributed by atoms with E-state index in [9.17, 15) is 18.3 Å². The SMILES string of the molecule is CC1(C)CCN(S(=O)(=O)c2ccc(N)cc2C(=O)O)CC1. The summed E-state index contributed by atoms with van der Waals surface area (Å²) in [5.74, 6) is -1.29. The summed E-state index contributed by atoms with van der Waals surface area (Å²) >= 11 is 0. The van der Waals surface area contributed by atoms with Crippen molar-refractivity contribution in [2.75, 3.05) is 18.8 Å². The monoisotopic (exact) mass is 312 g/mol. The van der Waals surface area contributed by atoms with Gasteiger partial charge in [0.25, 0.3) is 0 Å². The van der Waals surface area contributed by atoms with Gasteiger partial charge in [-0.1, -0.05) is 13.8 Å². The van der Waals surface area contributed by atoms with Gasteiger partial charge in [0.05, 0.1) is 10.5 Å². The molecule has 2 rings (SSSR count). The molecule has 0 atom stereocenters. The van der Waals surface area contributed by atoms with E-state index < -0.39 is 16.0 Å². The summed E-state index contributed by atoms with van der Waals surface area (Å²) in [5, 5.41) is 9.20. The largest absolute Gasteiger partial charge is 0.478 e. The number of nitrogens with zero attached hydrogens (tertiary/aromatic N) is 1. The Hall–Kier alpha value is -1.60. The normalized spacial score (nSPS) is 19.3. The van der Waals surface area contributed by atoms with E-state index in [1.807, 2.05) is 0 Å². The molecule has 0 unspecified atom stereocenters. The van der Waals surface area contributed by atoms with Crippen LogP contribution in [0.1, 0.15) is 37.0 Å². The van der Waals surface area contributed by atoms with Gasteiger partial charge in [-0.2, -0.15) is 4.31 Å². The summed E-state index contributed by atoms with van der Waals surface area (Å²) in [6.45, 7) is 5.00. The number of carboxylic acids is 1. The third-order valence-electron chi connectivity index (χ3n) is 3.93. The standard InChI is InChI=1S/C14H20N2O4S/c1-14(2)5-7-16(8-6-14)21(19,20)12-4-3-10(15)9-11(12)13(17)18/h3-4,9H,5-8,15H2,1-2H3,(H,17,18). The van der Waals surface area contributed by atoms with Crippen LogP contribution in [0.3, 0.4) is 0 Å². The molecule has 0 radical (unpaired) electrons. The fourth-order valence-electron chi connectivity index (χ4n) is 2.41. The molecule has 0 aromatic heterocycles. The van der Waals surface area contributed by atoms with Crippen LogP contribution in [0, 0.1) is 5.41 Å². The molecule has 1 aromatic rings. The first-order valence-electron chi connectivity index (χ1n) is 6.76. The number of carboxylic acid groups (broad SMARTS) is 1. The van der Waals surface area contributed by atoms with E-state index in [1.54, 1.807) is 0 Å². The Morgan fingerprint density at radius 1 is 1.29 bits per heavy atom. The molecule has 1 aromatic carbocycles. The van der Waals surface area contributed by atoms with Crippen molar-refractivity contribution in [1.29, 1.82) is 0 Å². The average molecular weight is 312 g/mol. The summed E-state index contributed by atoms with van der Waals surface area (Å²) in [5.41, 5.74) is 5.61. The summed E-state index contributed by atoms with van der Waals surface area (Å²) in [4.78, 5) is 11.1. The lowest BCUT2D eigenvalue weighted by Gasteiger charge is -2.36. The number of aromatic carboxylic acids is 1. The lowest BCUT2D eigenvalue weighted by atomic mass is 9.83. The Balaban J connectivity index is 2.39. The highest BCUT2D eigenvalue weighted by Gasteiger charge is 2.34. The molecule has 116 valence electrons. The van der Waals surface area contributed by atoms with Crippen LogP contribution in [-0.4, -0.2) is 36.9 Å². The van der Waals surface area contributed by atoms with Gasteiger partial charge in [-0.15, -0.1) is 0 Å². The van der Waals surface area contributed by atoms with Gasteiger partial charge >= 0.3 is 5.97 Å². The van der Waals surface area contributed by atoms with Crippen LogP contribution in [-0.2, 0) is 10.0 Å². The van der Waals surface area contributed by atoms with Gasteiger partial charge < -0.3 is 10.8 Å². The molecular formula is C14H20N2O4S. The molecule has 7 heteroatoms. The third-order valence-corrected chi connectivity index (χ3v) is 5.88. The minimum Gasteiger partial charge on any atom is -0.478 e. The van der Waals surface area contributed by atoms with Crippen molar-refractivity contribution in [3.05, 3.63) is 23.8 Å². The summed E-state index contributed by atoms with van der Waals surface area (Å²) in [7, 11) is -3.81. The second-order valence-electron chi connectivity index (χ2n) is 6.13. The summed E-state index contributed by atoms with van der Waals surface area (Å²) in [6.07, 6.45) is 1.51. The Labute approximate surface area is 124 Å². The van der Waals surface area contributed by atoms with Crippen molar-refractivity contribution < 1.29 is 18.3 Å². The molecule has 0 bridgehead atoms. The molecule has 0 spiro atoms. The fourth-order valence-corrected chi connectivity index (χ4v) is 4.02. The summed E-state index contributed by atoms with van der Waals surface area (Å²) in [6, 6.07) is 3.87. The van der Waals surface area contributed by atoms with E-state index >= 15 is 0 Å². The van der Waals surface area contributed by atoms with Gasteiger partial charge in [0.1, 0.15) is 0 Å². The zero-order chi connectivity index (χ0) is 15.8. The van der Waals surface area contributed by atoms with Gasteiger partial charge in [0.15, 0.2) is 0 Å². The lowest BCUT2D eigenvalue weighted by molar-refractivity contribution is 0.0692. The number of sulfonamides is 1. The Kier molecular flexibility index (Phi) is 3.99. The maximum Gasteiger partial charge on any atom is 0.337 e. The molecule has 1 aliphatic rings. The first kappa shape index (κ1) is 15.8. The van der Waals surface area contributed by atoms with Gasteiger partial charge in [-0.05, 0) is 36.5 Å². The molecule has 1 fully saturated rings. The van der Waals surface area contributed by atoms with Crippen LogP contribution >= 0.6 is 0 Å². The molecule has 3 N–H and O–H groups in total. The smallest absolute Gasteiger partial charge is 0.337 e. The number of nitrogen functional groups attached to an aromatic ring is 1. The average Bonchev–Trinajstić information content (AvgIpc) is 2.37. The van der Waals surface area contributed by atoms with Crippen molar-refractivity contribution in [2.24, 2.45) is 5.41 Å². The highest BCUT2D eigenvalue weighted by atomic mass is 32.2. The van der Waals surface area contributed by atoms with Crippen molar-refractivity contribution in [3.8, 4) is 0 Å². The Bertz CT molecular complexity index is 658. The molecule has 0 amide bonds. The van der Waals surface area contributed by atoms with E-state index in [2.05, 4.69) is 13.8 Å². The molecule has 21 heavy (non-hydrogen) atoms. The number of anilines is 1. The number of benzene rings is 1. The molecule has 0 aliphatic carbocycles. The molecular weight excluding hydrogens is 292 g/mol. The zero-order valence-electron chi connectivity index (χ0n) is 12.2. The summed E-state index contributed by atoms with van der Waals surface area (Å²) < 4.78 is 26.7. The number of rotatable bonds is 3. The molecule has 0 saturated carbocycles. The van der Waals surface area contributed by atoms with Crippen molar-refractivity contribution >= 4 is 21.7 Å². The highest BCUT2D eigenvalue weighted by Crippen LogP contribution is 2.33. The number of hydrogen-bond acceptors (Lipinski definition) is 4. The first-order chi connectivity index (χ1) is 9.63. The van der Waals surface area contributed by atoms with Gasteiger partial charge in [0.2, 0.25) is 10.0 Å². The minimum absolute atomic E-state index is 0.114. The van der Waals surface area contributed by atoms with E-state index in [0.717, 1.165) is 12.8 Å². The zero-order valence-corrected chi connectivity index (χ0v) is 13.0. The van der Waals surface area contributed by atoms with Gasteiger partial charge in [-0.25, -0.2) is 13.2 Å². The van der Waals surface area contributed by atoms with Gasteiger partial charge in [-0.3, -0.25) is 0 Å². The van der Waals surface area contributed by atoms with Crippen LogP contribution in [0.4, 0.5) is 5.69 Å².